The maximum absolute atomic E-state index is 12.1. The second kappa shape index (κ2) is 5.69. The van der Waals surface area contributed by atoms with Gasteiger partial charge in [0.2, 0.25) is 0 Å². The van der Waals surface area contributed by atoms with Crippen LogP contribution in [0.3, 0.4) is 0 Å². The van der Waals surface area contributed by atoms with Gasteiger partial charge in [0.05, 0.1) is 0 Å². The fraction of sp³-hybridized carbons (Fsp3) is 0.600. The van der Waals surface area contributed by atoms with E-state index in [1.807, 2.05) is 45.9 Å². The highest BCUT2D eigenvalue weighted by atomic mass is 16.6. The first-order valence-corrected chi connectivity index (χ1v) is 7.02. The Morgan fingerprint density at radius 1 is 1.35 bits per heavy atom. The Bertz CT molecular complexity index is 456. The van der Waals surface area contributed by atoms with Gasteiger partial charge in [0, 0.05) is 31.9 Å². The zero-order chi connectivity index (χ0) is 14.8. The summed E-state index contributed by atoms with van der Waals surface area (Å²) in [5, 5.41) is 0. The lowest BCUT2D eigenvalue weighted by molar-refractivity contribution is 0.0158. The molecule has 1 atom stereocenters. The molecule has 20 heavy (non-hydrogen) atoms. The van der Waals surface area contributed by atoms with Crippen molar-refractivity contribution in [1.82, 2.24) is 9.88 Å². The van der Waals surface area contributed by atoms with Crippen molar-refractivity contribution in [3.05, 3.63) is 24.4 Å². The van der Waals surface area contributed by atoms with E-state index >= 15 is 0 Å². The van der Waals surface area contributed by atoms with Crippen LogP contribution in [-0.2, 0) is 4.74 Å². The van der Waals surface area contributed by atoms with Crippen molar-refractivity contribution in [2.75, 3.05) is 24.5 Å². The summed E-state index contributed by atoms with van der Waals surface area (Å²) in [5.41, 5.74) is -0.449. The van der Waals surface area contributed by atoms with Gasteiger partial charge in [-0.1, -0.05) is 6.07 Å². The third-order valence-electron chi connectivity index (χ3n) is 3.23. The molecule has 0 radical (unpaired) electrons. The number of hydrogen-bond donors (Lipinski definition) is 0. The van der Waals surface area contributed by atoms with Crippen LogP contribution in [0.25, 0.3) is 0 Å². The van der Waals surface area contributed by atoms with Gasteiger partial charge in [-0.2, -0.15) is 0 Å². The van der Waals surface area contributed by atoms with E-state index in [0.29, 0.717) is 6.54 Å². The molecule has 1 aliphatic rings. The van der Waals surface area contributed by atoms with Gasteiger partial charge in [-0.3, -0.25) is 0 Å². The fourth-order valence-corrected chi connectivity index (χ4v) is 2.30. The van der Waals surface area contributed by atoms with Crippen molar-refractivity contribution < 1.29 is 9.53 Å². The average Bonchev–Trinajstić information content (AvgIpc) is 2.37. The number of aromatic nitrogens is 1. The first-order valence-electron chi connectivity index (χ1n) is 7.02. The lowest BCUT2D eigenvalue weighted by atomic mass is 10.2. The summed E-state index contributed by atoms with van der Waals surface area (Å²) in [6.07, 6.45) is 1.56. The summed E-state index contributed by atoms with van der Waals surface area (Å²) in [7, 11) is 0. The number of pyridine rings is 1. The number of ether oxygens (including phenoxy) is 1. The Hall–Kier alpha value is -1.78. The summed E-state index contributed by atoms with van der Waals surface area (Å²) < 4.78 is 5.44. The van der Waals surface area contributed by atoms with Crippen LogP contribution in [0.15, 0.2) is 24.4 Å². The number of carbonyl (C=O) groups is 1. The first-order chi connectivity index (χ1) is 9.37. The van der Waals surface area contributed by atoms with E-state index in [1.165, 1.54) is 0 Å². The summed E-state index contributed by atoms with van der Waals surface area (Å²) in [5.74, 6) is 0.961. The molecule has 0 aromatic carbocycles. The lowest BCUT2D eigenvalue weighted by Gasteiger charge is -2.40. The molecule has 0 aliphatic carbocycles. The smallest absolute Gasteiger partial charge is 0.410 e. The Balaban J connectivity index is 1.98. The van der Waals surface area contributed by atoms with Crippen LogP contribution in [0.2, 0.25) is 0 Å². The number of rotatable bonds is 1. The van der Waals surface area contributed by atoms with Crippen molar-refractivity contribution in [2.24, 2.45) is 0 Å². The maximum Gasteiger partial charge on any atom is 0.410 e. The van der Waals surface area contributed by atoms with Gasteiger partial charge in [-0.15, -0.1) is 0 Å². The summed E-state index contributed by atoms with van der Waals surface area (Å²) in [6, 6.07) is 5.99. The molecule has 5 heteroatoms. The molecule has 1 fully saturated rings. The van der Waals surface area contributed by atoms with Gasteiger partial charge in [-0.05, 0) is 39.8 Å². The zero-order valence-corrected chi connectivity index (χ0v) is 12.7. The molecule has 1 aromatic rings. The van der Waals surface area contributed by atoms with Crippen LogP contribution in [0, 0.1) is 0 Å². The van der Waals surface area contributed by atoms with Crippen molar-refractivity contribution in [2.45, 2.75) is 39.3 Å². The van der Waals surface area contributed by atoms with Crippen LogP contribution in [0.5, 0.6) is 0 Å². The highest BCUT2D eigenvalue weighted by Gasteiger charge is 2.31. The second-order valence-corrected chi connectivity index (χ2v) is 6.16. The van der Waals surface area contributed by atoms with E-state index in [4.69, 9.17) is 4.74 Å². The normalized spacial score (nSPS) is 19.9. The molecule has 1 unspecified atom stereocenters. The molecular weight excluding hydrogens is 254 g/mol. The quantitative estimate of drug-likeness (QED) is 0.791. The van der Waals surface area contributed by atoms with Gasteiger partial charge in [-0.25, -0.2) is 9.78 Å². The molecular formula is C15H23N3O2. The van der Waals surface area contributed by atoms with Crippen molar-refractivity contribution in [3.63, 3.8) is 0 Å². The number of hydrogen-bond acceptors (Lipinski definition) is 4. The van der Waals surface area contributed by atoms with E-state index in [-0.39, 0.29) is 12.1 Å². The van der Waals surface area contributed by atoms with Crippen LogP contribution in [0.1, 0.15) is 27.7 Å². The second-order valence-electron chi connectivity index (χ2n) is 6.16. The predicted molar refractivity (Wildman–Crippen MR) is 78.9 cm³/mol. The molecule has 5 nitrogen and oxygen atoms in total. The van der Waals surface area contributed by atoms with Gasteiger partial charge in [0.25, 0.3) is 0 Å². The highest BCUT2D eigenvalue weighted by molar-refractivity contribution is 5.69. The van der Waals surface area contributed by atoms with Crippen molar-refractivity contribution in [1.29, 1.82) is 0 Å². The van der Waals surface area contributed by atoms with Crippen LogP contribution in [-0.4, -0.2) is 47.3 Å². The minimum absolute atomic E-state index is 0.112. The molecule has 1 saturated heterocycles. The zero-order valence-electron chi connectivity index (χ0n) is 12.7. The van der Waals surface area contributed by atoms with E-state index in [9.17, 15) is 4.79 Å². The van der Waals surface area contributed by atoms with Gasteiger partial charge >= 0.3 is 6.09 Å². The van der Waals surface area contributed by atoms with Crippen LogP contribution in [0.4, 0.5) is 10.6 Å². The molecule has 0 N–H and O–H groups in total. The molecule has 1 amide bonds. The number of carbonyl (C=O) groups excluding carboxylic acids is 1. The third kappa shape index (κ3) is 3.62. The van der Waals surface area contributed by atoms with Crippen molar-refractivity contribution in [3.8, 4) is 0 Å². The Kier molecular flexibility index (Phi) is 4.16. The topological polar surface area (TPSA) is 45.7 Å². The predicted octanol–water partition coefficient (Wildman–Crippen LogP) is 2.53. The molecule has 0 saturated carbocycles. The molecule has 2 heterocycles. The first kappa shape index (κ1) is 14.6. The molecule has 0 spiro atoms. The standard InChI is InChI=1S/C15H23N3O2/c1-12-11-17(13-7-5-6-8-16-13)9-10-18(12)14(19)20-15(2,3)4/h5-8,12H,9-11H2,1-4H3. The number of amides is 1. The van der Waals surface area contributed by atoms with E-state index in [0.717, 1.165) is 18.9 Å². The monoisotopic (exact) mass is 277 g/mol. The molecule has 1 aromatic heterocycles. The van der Waals surface area contributed by atoms with Crippen LogP contribution >= 0.6 is 0 Å². The SMILES string of the molecule is CC1CN(c2ccccn2)CCN1C(=O)OC(C)(C)C. The van der Waals surface area contributed by atoms with E-state index < -0.39 is 5.60 Å². The average molecular weight is 277 g/mol. The Morgan fingerprint density at radius 3 is 2.65 bits per heavy atom. The Morgan fingerprint density at radius 2 is 2.10 bits per heavy atom. The lowest BCUT2D eigenvalue weighted by Crippen LogP contribution is -2.55. The van der Waals surface area contributed by atoms with E-state index in [2.05, 4.69) is 9.88 Å². The minimum Gasteiger partial charge on any atom is -0.444 e. The minimum atomic E-state index is -0.449. The van der Waals surface area contributed by atoms with Gasteiger partial charge < -0.3 is 14.5 Å². The van der Waals surface area contributed by atoms with Crippen LogP contribution < -0.4 is 4.90 Å². The molecule has 1 aliphatic heterocycles. The molecule has 110 valence electrons. The maximum atomic E-state index is 12.1. The largest absolute Gasteiger partial charge is 0.444 e. The fourth-order valence-electron chi connectivity index (χ4n) is 2.30. The Labute approximate surface area is 120 Å². The summed E-state index contributed by atoms with van der Waals surface area (Å²) in [4.78, 5) is 20.5. The highest BCUT2D eigenvalue weighted by Crippen LogP contribution is 2.19. The van der Waals surface area contributed by atoms with Gasteiger partial charge in [0.1, 0.15) is 11.4 Å². The number of piperazine rings is 1. The number of nitrogens with zero attached hydrogens (tertiary/aromatic N) is 3. The van der Waals surface area contributed by atoms with Gasteiger partial charge in [0.15, 0.2) is 0 Å². The molecule has 0 bridgehead atoms. The summed E-state index contributed by atoms with van der Waals surface area (Å²) in [6.45, 7) is 9.92. The summed E-state index contributed by atoms with van der Waals surface area (Å²) >= 11 is 0. The third-order valence-corrected chi connectivity index (χ3v) is 3.23. The van der Waals surface area contributed by atoms with E-state index in [1.54, 1.807) is 11.1 Å². The molecule has 2 rings (SSSR count). The number of anilines is 1. The van der Waals surface area contributed by atoms with Crippen molar-refractivity contribution >= 4 is 11.9 Å².